The average Bonchev–Trinajstić information content (AvgIpc) is 3.25. The fraction of sp³-hybridized carbons (Fsp3) is 0.167. The van der Waals surface area contributed by atoms with Gasteiger partial charge in [-0.05, 0) is 34.5 Å². The van der Waals surface area contributed by atoms with Gasteiger partial charge >= 0.3 is 11.9 Å². The molecule has 0 radical (unpaired) electrons. The summed E-state index contributed by atoms with van der Waals surface area (Å²) in [5.74, 6) is -2.86. The van der Waals surface area contributed by atoms with Gasteiger partial charge in [0.25, 0.3) is 5.82 Å². The van der Waals surface area contributed by atoms with E-state index in [1.54, 1.807) is 24.3 Å². The number of aliphatic hydroxyl groups is 1. The number of hydrogen-bond acceptors (Lipinski definition) is 7. The summed E-state index contributed by atoms with van der Waals surface area (Å²) in [4.78, 5) is 23.1. The highest BCUT2D eigenvalue weighted by atomic mass is 35.5. The molecular formula is C18H16ClFN6O4. The first-order valence-corrected chi connectivity index (χ1v) is 8.96. The third kappa shape index (κ3) is 5.35. The van der Waals surface area contributed by atoms with Crippen molar-refractivity contribution in [2.24, 2.45) is 0 Å². The Kier molecular flexibility index (Phi) is 6.67. The van der Waals surface area contributed by atoms with Crippen molar-refractivity contribution in [3.05, 3.63) is 64.7 Å². The molecule has 1 aromatic heterocycles. The summed E-state index contributed by atoms with van der Waals surface area (Å²) in [6.45, 7) is -0.351. The lowest BCUT2D eigenvalue weighted by Crippen LogP contribution is -2.47. The van der Waals surface area contributed by atoms with Crippen LogP contribution in [0.15, 0.2) is 42.5 Å². The van der Waals surface area contributed by atoms with Crippen molar-refractivity contribution >= 4 is 23.5 Å². The van der Waals surface area contributed by atoms with Crippen LogP contribution >= 0.6 is 11.6 Å². The number of tetrazole rings is 1. The molecule has 1 atom stereocenters. The predicted molar refractivity (Wildman–Crippen MR) is 103 cm³/mol. The predicted octanol–water partition coefficient (Wildman–Crippen LogP) is 1.25. The van der Waals surface area contributed by atoms with Crippen LogP contribution in [-0.2, 0) is 11.3 Å². The van der Waals surface area contributed by atoms with E-state index in [4.69, 9.17) is 16.7 Å². The molecule has 0 bridgehead atoms. The van der Waals surface area contributed by atoms with Crippen LogP contribution in [0.25, 0.3) is 11.1 Å². The van der Waals surface area contributed by atoms with E-state index in [9.17, 15) is 19.1 Å². The number of aliphatic hydroxyl groups excluding tert-OH is 1. The number of halogens is 2. The number of carboxylic acids is 1. The molecule has 12 heteroatoms. The molecule has 0 fully saturated rings. The van der Waals surface area contributed by atoms with Gasteiger partial charge in [0.05, 0.1) is 6.54 Å². The first kappa shape index (κ1) is 21.3. The lowest BCUT2D eigenvalue weighted by atomic mass is 10.0. The van der Waals surface area contributed by atoms with E-state index in [0.717, 1.165) is 0 Å². The number of aromatic amines is 1. The summed E-state index contributed by atoms with van der Waals surface area (Å²) < 4.78 is 14.0. The van der Waals surface area contributed by atoms with Crippen molar-refractivity contribution in [1.82, 2.24) is 31.1 Å². The molecular weight excluding hydrogens is 419 g/mol. The second kappa shape index (κ2) is 9.39. The Labute approximate surface area is 174 Å². The lowest BCUT2D eigenvalue weighted by molar-refractivity contribution is -0.148. The average molecular weight is 435 g/mol. The number of amides is 1. The second-order valence-electron chi connectivity index (χ2n) is 6.23. The van der Waals surface area contributed by atoms with Crippen LogP contribution < -0.4 is 5.43 Å². The van der Waals surface area contributed by atoms with E-state index >= 15 is 0 Å². The number of benzene rings is 2. The number of hydrazine groups is 1. The minimum absolute atomic E-state index is 0.0479. The van der Waals surface area contributed by atoms with E-state index in [0.29, 0.717) is 21.7 Å². The monoisotopic (exact) mass is 434 g/mol. The highest BCUT2D eigenvalue weighted by Crippen LogP contribution is 2.26. The molecule has 0 aliphatic carbocycles. The van der Waals surface area contributed by atoms with Crippen molar-refractivity contribution in [2.75, 3.05) is 6.54 Å². The van der Waals surface area contributed by atoms with Crippen LogP contribution in [0.3, 0.4) is 0 Å². The third-order valence-corrected chi connectivity index (χ3v) is 4.29. The molecule has 156 valence electrons. The summed E-state index contributed by atoms with van der Waals surface area (Å²) in [7, 11) is 0. The quantitative estimate of drug-likeness (QED) is 0.388. The van der Waals surface area contributed by atoms with E-state index in [-0.39, 0.29) is 12.4 Å². The highest BCUT2D eigenvalue weighted by Gasteiger charge is 2.22. The summed E-state index contributed by atoms with van der Waals surface area (Å²) >= 11 is 5.93. The zero-order valence-corrected chi connectivity index (χ0v) is 16.0. The number of rotatable bonds is 8. The van der Waals surface area contributed by atoms with Gasteiger partial charge in [-0.1, -0.05) is 35.9 Å². The number of hydrogen-bond donors (Lipinski definition) is 4. The first-order valence-electron chi connectivity index (χ1n) is 8.58. The van der Waals surface area contributed by atoms with Crippen molar-refractivity contribution in [3.63, 3.8) is 0 Å². The maximum Gasteiger partial charge on any atom is 0.333 e. The Morgan fingerprint density at radius 3 is 2.60 bits per heavy atom. The smallest absolute Gasteiger partial charge is 0.333 e. The summed E-state index contributed by atoms with van der Waals surface area (Å²) in [6, 6.07) is 10.9. The standard InChI is InChI=1S/C18H16ClFN6O4/c19-12-5-6-14(20)13(7-12)11-3-1-10(2-4-11)8-26(9-15(27)18(29)30)23-17(28)16-21-24-25-22-16/h1-7,15,27H,8-9H2,(H,23,28)(H,29,30)(H,21,22,24,25)/t15-/m1/s1. The topological polar surface area (TPSA) is 144 Å². The van der Waals surface area contributed by atoms with Crippen LogP contribution in [0.1, 0.15) is 16.2 Å². The number of carbonyl (C=O) groups excluding carboxylic acids is 1. The number of carbonyl (C=O) groups is 2. The first-order chi connectivity index (χ1) is 14.3. The minimum Gasteiger partial charge on any atom is -0.479 e. The van der Waals surface area contributed by atoms with Crippen molar-refractivity contribution in [3.8, 4) is 11.1 Å². The van der Waals surface area contributed by atoms with Gasteiger partial charge in [-0.15, -0.1) is 10.2 Å². The van der Waals surface area contributed by atoms with Crippen molar-refractivity contribution < 1.29 is 24.2 Å². The highest BCUT2D eigenvalue weighted by molar-refractivity contribution is 6.30. The number of nitrogens with zero attached hydrogens (tertiary/aromatic N) is 4. The molecule has 0 saturated carbocycles. The van der Waals surface area contributed by atoms with E-state index in [1.807, 2.05) is 0 Å². The molecule has 0 unspecified atom stereocenters. The van der Waals surface area contributed by atoms with Crippen LogP contribution in [0.5, 0.6) is 0 Å². The van der Waals surface area contributed by atoms with Crippen molar-refractivity contribution in [1.29, 1.82) is 0 Å². The van der Waals surface area contributed by atoms with E-state index < -0.39 is 30.3 Å². The molecule has 3 rings (SSSR count). The van der Waals surface area contributed by atoms with Gasteiger partial charge in [-0.25, -0.2) is 14.2 Å². The Bertz CT molecular complexity index is 1030. The SMILES string of the molecule is O=C(NN(Cc1ccc(-c2cc(Cl)ccc2F)cc1)C[C@@H](O)C(=O)O)c1nn[nH]n1. The molecule has 0 saturated heterocycles. The molecule has 4 N–H and O–H groups in total. The zero-order chi connectivity index (χ0) is 21.7. The van der Waals surface area contributed by atoms with Gasteiger partial charge in [0, 0.05) is 17.1 Å². The largest absolute Gasteiger partial charge is 0.479 e. The number of aliphatic carboxylic acids is 1. The Hall–Kier alpha value is -3.41. The van der Waals surface area contributed by atoms with Crippen LogP contribution in [0.2, 0.25) is 5.02 Å². The van der Waals surface area contributed by atoms with Gasteiger partial charge in [-0.2, -0.15) is 5.21 Å². The Morgan fingerprint density at radius 1 is 1.23 bits per heavy atom. The van der Waals surface area contributed by atoms with Crippen LogP contribution in [-0.4, -0.2) is 60.4 Å². The lowest BCUT2D eigenvalue weighted by Gasteiger charge is -2.24. The van der Waals surface area contributed by atoms with Crippen LogP contribution in [0.4, 0.5) is 4.39 Å². The summed E-state index contributed by atoms with van der Waals surface area (Å²) in [5.41, 5.74) is 4.01. The Balaban J connectivity index is 1.76. The maximum absolute atomic E-state index is 14.0. The van der Waals surface area contributed by atoms with Gasteiger partial charge in [-0.3, -0.25) is 10.2 Å². The Morgan fingerprint density at radius 2 is 1.97 bits per heavy atom. The van der Waals surface area contributed by atoms with Gasteiger partial charge in [0.1, 0.15) is 5.82 Å². The molecule has 0 spiro atoms. The minimum atomic E-state index is -1.74. The van der Waals surface area contributed by atoms with Crippen molar-refractivity contribution in [2.45, 2.75) is 12.6 Å². The van der Waals surface area contributed by atoms with Gasteiger partial charge < -0.3 is 10.2 Å². The van der Waals surface area contributed by atoms with Crippen LogP contribution in [0, 0.1) is 5.82 Å². The van der Waals surface area contributed by atoms with E-state index in [2.05, 4.69) is 26.0 Å². The molecule has 1 heterocycles. The molecule has 0 aliphatic rings. The molecule has 10 nitrogen and oxygen atoms in total. The van der Waals surface area contributed by atoms with Gasteiger partial charge in [0.15, 0.2) is 6.10 Å². The molecule has 0 aliphatic heterocycles. The number of H-pyrrole nitrogens is 1. The number of aromatic nitrogens is 4. The van der Waals surface area contributed by atoms with Gasteiger partial charge in [0.2, 0.25) is 0 Å². The molecule has 30 heavy (non-hydrogen) atoms. The summed E-state index contributed by atoms with van der Waals surface area (Å²) in [5, 5.41) is 32.7. The summed E-state index contributed by atoms with van der Waals surface area (Å²) in [6.07, 6.45) is -1.74. The fourth-order valence-electron chi connectivity index (χ4n) is 2.62. The zero-order valence-electron chi connectivity index (χ0n) is 15.3. The molecule has 1 amide bonds. The normalized spacial score (nSPS) is 12.0. The third-order valence-electron chi connectivity index (χ3n) is 4.05. The fourth-order valence-corrected chi connectivity index (χ4v) is 2.79. The number of carboxylic acid groups (broad SMARTS) is 1. The van der Waals surface area contributed by atoms with E-state index in [1.165, 1.54) is 23.2 Å². The number of nitrogens with one attached hydrogen (secondary N) is 2. The molecule has 2 aromatic carbocycles. The second-order valence-corrected chi connectivity index (χ2v) is 6.67. The molecule has 3 aromatic rings. The maximum atomic E-state index is 14.0.